The predicted octanol–water partition coefficient (Wildman–Crippen LogP) is 6.14. The zero-order valence-electron chi connectivity index (χ0n) is 18.5. The fraction of sp³-hybridized carbons (Fsp3) is 0.370. The highest BCUT2D eigenvalue weighted by Gasteiger charge is 2.07. The van der Waals surface area contributed by atoms with E-state index in [1.54, 1.807) is 6.20 Å². The molecular formula is C27H31NO4. The van der Waals surface area contributed by atoms with E-state index in [0.29, 0.717) is 19.4 Å². The van der Waals surface area contributed by atoms with Gasteiger partial charge in [-0.25, -0.2) is 0 Å². The molecule has 0 spiro atoms. The summed E-state index contributed by atoms with van der Waals surface area (Å²) in [5, 5.41) is 1.02. The minimum Gasteiger partial charge on any atom is -0.461 e. The lowest BCUT2D eigenvalue weighted by Crippen LogP contribution is -2.05. The molecule has 0 amide bonds. The van der Waals surface area contributed by atoms with Crippen molar-refractivity contribution in [2.24, 2.45) is 0 Å². The molecule has 0 saturated carbocycles. The Balaban J connectivity index is 1.19. The summed E-state index contributed by atoms with van der Waals surface area (Å²) in [5.41, 5.74) is 2.89. The molecule has 0 aliphatic heterocycles. The van der Waals surface area contributed by atoms with Gasteiger partial charge < -0.3 is 9.47 Å². The monoisotopic (exact) mass is 433 g/mol. The summed E-state index contributed by atoms with van der Waals surface area (Å²) in [5.74, 6) is -0.300. The largest absolute Gasteiger partial charge is 0.461 e. The van der Waals surface area contributed by atoms with Crippen molar-refractivity contribution in [1.82, 2.24) is 4.98 Å². The molecule has 5 nitrogen and oxygen atoms in total. The summed E-state index contributed by atoms with van der Waals surface area (Å²) in [6.07, 6.45) is 8.42. The van der Waals surface area contributed by atoms with Crippen LogP contribution >= 0.6 is 0 Å². The van der Waals surface area contributed by atoms with Gasteiger partial charge in [0.15, 0.2) is 0 Å². The molecule has 2 aromatic carbocycles. The van der Waals surface area contributed by atoms with Crippen molar-refractivity contribution in [2.75, 3.05) is 0 Å². The van der Waals surface area contributed by atoms with Crippen molar-refractivity contribution < 1.29 is 19.1 Å². The first kappa shape index (κ1) is 23.5. The van der Waals surface area contributed by atoms with Gasteiger partial charge >= 0.3 is 11.9 Å². The Labute approximate surface area is 189 Å². The normalized spacial score (nSPS) is 10.8. The number of hydrogen-bond donors (Lipinski definition) is 0. The standard InChI is InChI=1S/C27H31NO4/c29-26(31-20-22-12-6-5-7-13-22)16-8-3-1-2-4-9-17-27(30)32-21-23-18-19-28-25-15-11-10-14-24(23)25/h5-7,10-15,18-19H,1-4,8-9,16-17,20-21H2. The van der Waals surface area contributed by atoms with Gasteiger partial charge in [0.05, 0.1) is 5.52 Å². The van der Waals surface area contributed by atoms with Crippen LogP contribution in [-0.4, -0.2) is 16.9 Å². The smallest absolute Gasteiger partial charge is 0.306 e. The molecule has 168 valence electrons. The van der Waals surface area contributed by atoms with Gasteiger partial charge in [-0.05, 0) is 30.5 Å². The average molecular weight is 434 g/mol. The highest BCUT2D eigenvalue weighted by Crippen LogP contribution is 2.17. The van der Waals surface area contributed by atoms with Gasteiger partial charge in [-0.1, -0.05) is 74.2 Å². The first-order chi connectivity index (χ1) is 15.7. The van der Waals surface area contributed by atoms with E-state index in [4.69, 9.17) is 9.47 Å². The summed E-state index contributed by atoms with van der Waals surface area (Å²) < 4.78 is 10.7. The number of esters is 2. The molecular weight excluding hydrogens is 402 g/mol. The molecule has 5 heteroatoms. The average Bonchev–Trinajstić information content (AvgIpc) is 2.83. The van der Waals surface area contributed by atoms with Crippen LogP contribution in [0.1, 0.15) is 62.5 Å². The minimum absolute atomic E-state index is 0.140. The van der Waals surface area contributed by atoms with Crippen molar-refractivity contribution >= 4 is 22.8 Å². The van der Waals surface area contributed by atoms with Gasteiger partial charge in [0.25, 0.3) is 0 Å². The third kappa shape index (κ3) is 8.14. The number of unbranched alkanes of at least 4 members (excludes halogenated alkanes) is 5. The summed E-state index contributed by atoms with van der Waals surface area (Å²) >= 11 is 0. The van der Waals surface area contributed by atoms with Gasteiger partial charge in [0.1, 0.15) is 13.2 Å². The van der Waals surface area contributed by atoms with Crippen molar-refractivity contribution in [3.63, 3.8) is 0 Å². The van der Waals surface area contributed by atoms with Gasteiger partial charge in [-0.3, -0.25) is 14.6 Å². The van der Waals surface area contributed by atoms with Crippen LogP contribution in [0.15, 0.2) is 66.9 Å². The summed E-state index contributed by atoms with van der Waals surface area (Å²) in [6, 6.07) is 19.5. The van der Waals surface area contributed by atoms with Crippen LogP contribution in [0.2, 0.25) is 0 Å². The second-order valence-corrected chi connectivity index (χ2v) is 7.92. The molecule has 1 aromatic heterocycles. The first-order valence-electron chi connectivity index (χ1n) is 11.4. The number of rotatable bonds is 13. The summed E-state index contributed by atoms with van der Waals surface area (Å²) in [6.45, 7) is 0.620. The van der Waals surface area contributed by atoms with Crippen LogP contribution in [0.5, 0.6) is 0 Å². The lowest BCUT2D eigenvalue weighted by molar-refractivity contribution is -0.146. The molecule has 0 fully saturated rings. The number of aromatic nitrogens is 1. The van der Waals surface area contributed by atoms with Gasteiger partial charge in [0, 0.05) is 30.0 Å². The Morgan fingerprint density at radius 3 is 1.97 bits per heavy atom. The molecule has 0 atom stereocenters. The topological polar surface area (TPSA) is 65.5 Å². The Morgan fingerprint density at radius 1 is 0.656 bits per heavy atom. The first-order valence-corrected chi connectivity index (χ1v) is 11.4. The summed E-state index contributed by atoms with van der Waals surface area (Å²) in [4.78, 5) is 28.1. The Bertz CT molecular complexity index is 982. The van der Waals surface area contributed by atoms with Gasteiger partial charge in [-0.15, -0.1) is 0 Å². The number of fused-ring (bicyclic) bond motifs is 1. The molecule has 0 saturated heterocycles. The van der Waals surface area contributed by atoms with Crippen LogP contribution in [0, 0.1) is 0 Å². The zero-order chi connectivity index (χ0) is 22.4. The molecule has 0 radical (unpaired) electrons. The number of carbonyl (C=O) groups is 2. The Kier molecular flexibility index (Phi) is 9.72. The number of para-hydroxylation sites is 1. The number of benzene rings is 2. The zero-order valence-corrected chi connectivity index (χ0v) is 18.5. The minimum atomic E-state index is -0.160. The van der Waals surface area contributed by atoms with E-state index in [1.807, 2.05) is 60.7 Å². The SMILES string of the molecule is O=C(CCCCCCCCC(=O)OCc1ccnc2ccccc12)OCc1ccccc1. The molecule has 1 heterocycles. The van der Waals surface area contributed by atoms with E-state index in [0.717, 1.165) is 60.6 Å². The fourth-order valence-corrected chi connectivity index (χ4v) is 3.57. The van der Waals surface area contributed by atoms with Crippen molar-refractivity contribution in [1.29, 1.82) is 0 Å². The third-order valence-corrected chi connectivity index (χ3v) is 5.38. The number of nitrogens with zero attached hydrogens (tertiary/aromatic N) is 1. The van der Waals surface area contributed by atoms with E-state index in [9.17, 15) is 9.59 Å². The van der Waals surface area contributed by atoms with Crippen molar-refractivity contribution in [3.05, 3.63) is 78.0 Å². The fourth-order valence-electron chi connectivity index (χ4n) is 3.57. The number of ether oxygens (including phenoxy) is 2. The summed E-state index contributed by atoms with van der Waals surface area (Å²) in [7, 11) is 0. The maximum Gasteiger partial charge on any atom is 0.306 e. The second-order valence-electron chi connectivity index (χ2n) is 7.92. The quantitative estimate of drug-likeness (QED) is 0.239. The van der Waals surface area contributed by atoms with Crippen molar-refractivity contribution in [2.45, 2.75) is 64.6 Å². The lowest BCUT2D eigenvalue weighted by atomic mass is 10.1. The van der Waals surface area contributed by atoms with Crippen LogP contribution < -0.4 is 0 Å². The molecule has 3 rings (SSSR count). The number of hydrogen-bond acceptors (Lipinski definition) is 5. The van der Waals surface area contributed by atoms with E-state index in [-0.39, 0.29) is 18.5 Å². The van der Waals surface area contributed by atoms with Gasteiger partial charge in [-0.2, -0.15) is 0 Å². The van der Waals surface area contributed by atoms with Crippen LogP contribution in [0.25, 0.3) is 10.9 Å². The number of carbonyl (C=O) groups excluding carboxylic acids is 2. The number of pyridine rings is 1. The lowest BCUT2D eigenvalue weighted by Gasteiger charge is -2.08. The van der Waals surface area contributed by atoms with Crippen molar-refractivity contribution in [3.8, 4) is 0 Å². The van der Waals surface area contributed by atoms with Crippen LogP contribution in [0.3, 0.4) is 0 Å². The molecule has 32 heavy (non-hydrogen) atoms. The molecule has 0 aliphatic carbocycles. The van der Waals surface area contributed by atoms with Crippen LogP contribution in [-0.2, 0) is 32.3 Å². The highest BCUT2D eigenvalue weighted by atomic mass is 16.5. The van der Waals surface area contributed by atoms with Gasteiger partial charge in [0.2, 0.25) is 0 Å². The highest BCUT2D eigenvalue weighted by molar-refractivity contribution is 5.82. The Morgan fingerprint density at radius 2 is 1.25 bits per heavy atom. The Hall–Kier alpha value is -3.21. The maximum atomic E-state index is 12.0. The molecule has 0 N–H and O–H groups in total. The predicted molar refractivity (Wildman–Crippen MR) is 125 cm³/mol. The van der Waals surface area contributed by atoms with E-state index < -0.39 is 0 Å². The maximum absolute atomic E-state index is 12.0. The van der Waals surface area contributed by atoms with Crippen LogP contribution in [0.4, 0.5) is 0 Å². The third-order valence-electron chi connectivity index (χ3n) is 5.38. The molecule has 3 aromatic rings. The van der Waals surface area contributed by atoms with E-state index >= 15 is 0 Å². The van der Waals surface area contributed by atoms with E-state index in [1.165, 1.54) is 0 Å². The molecule has 0 unspecified atom stereocenters. The second kappa shape index (κ2) is 13.3. The molecule has 0 aliphatic rings. The molecule has 0 bridgehead atoms. The van der Waals surface area contributed by atoms with E-state index in [2.05, 4.69) is 4.98 Å².